The van der Waals surface area contributed by atoms with Crippen LogP contribution in [0.15, 0.2) is 124 Å². The molecule has 0 spiro atoms. The molecule has 9 nitrogen and oxygen atoms in total. The van der Waals surface area contributed by atoms with Crippen molar-refractivity contribution in [2.75, 3.05) is 4.90 Å². The smallest absolute Gasteiger partial charge is 0.335 e. The number of carboxylic acids is 1. The highest BCUT2D eigenvalue weighted by molar-refractivity contribution is 7.99. The van der Waals surface area contributed by atoms with Crippen LogP contribution < -0.4 is 10.2 Å². The minimum absolute atomic E-state index is 0.0499. The standard InChI is InChI=1S/C31H22N4O5S2/c36-30(37)20-5-3-4-19(18-20)26-15-16-27(40-26)29-28(25-6-1-2-17-32-25)33-31(41)34(29)21-7-11-23(12-8-21)42-24-13-9-22(10-14-24)35(38)39/h1-18,28-29H,(H,33,41)(H,36,37)/t28-,29-/m1/s1. The molecular formula is C31H22N4O5S2. The molecule has 3 aromatic carbocycles. The number of thiocarbonyl (C=S) groups is 1. The van der Waals surface area contributed by atoms with Crippen LogP contribution in [-0.4, -0.2) is 26.1 Å². The number of carbonyl (C=O) groups is 1. The van der Waals surface area contributed by atoms with E-state index >= 15 is 0 Å². The monoisotopic (exact) mass is 594 g/mol. The van der Waals surface area contributed by atoms with E-state index in [0.29, 0.717) is 22.2 Å². The maximum absolute atomic E-state index is 11.5. The van der Waals surface area contributed by atoms with Crippen LogP contribution in [0.4, 0.5) is 11.4 Å². The lowest BCUT2D eigenvalue weighted by atomic mass is 10.0. The molecule has 3 heterocycles. The molecule has 42 heavy (non-hydrogen) atoms. The summed E-state index contributed by atoms with van der Waals surface area (Å²) in [5.41, 5.74) is 2.52. The van der Waals surface area contributed by atoms with Gasteiger partial charge in [0.1, 0.15) is 17.6 Å². The lowest BCUT2D eigenvalue weighted by Crippen LogP contribution is -2.29. The molecule has 6 rings (SSSR count). The zero-order chi connectivity index (χ0) is 29.2. The number of nitro groups is 1. The first-order valence-corrected chi connectivity index (χ1v) is 14.1. The average molecular weight is 595 g/mol. The van der Waals surface area contributed by atoms with E-state index in [1.54, 1.807) is 30.5 Å². The summed E-state index contributed by atoms with van der Waals surface area (Å²) >= 11 is 7.31. The first-order valence-electron chi connectivity index (χ1n) is 12.8. The topological polar surface area (TPSA) is 122 Å². The van der Waals surface area contributed by atoms with Crippen molar-refractivity contribution in [3.05, 3.63) is 136 Å². The predicted molar refractivity (Wildman–Crippen MR) is 163 cm³/mol. The molecule has 11 heteroatoms. The van der Waals surface area contributed by atoms with Crippen molar-refractivity contribution >= 4 is 46.4 Å². The van der Waals surface area contributed by atoms with Crippen molar-refractivity contribution in [3.8, 4) is 11.3 Å². The number of aromatic carboxylic acids is 1. The van der Waals surface area contributed by atoms with Crippen LogP contribution in [0.3, 0.4) is 0 Å². The summed E-state index contributed by atoms with van der Waals surface area (Å²) in [5.74, 6) is 0.170. The fourth-order valence-electron chi connectivity index (χ4n) is 4.84. The van der Waals surface area contributed by atoms with Crippen molar-refractivity contribution in [1.82, 2.24) is 10.3 Å². The zero-order valence-corrected chi connectivity index (χ0v) is 23.4. The third-order valence-electron chi connectivity index (χ3n) is 6.81. The number of aromatic nitrogens is 1. The molecule has 2 aromatic heterocycles. The Bertz CT molecular complexity index is 1780. The third kappa shape index (κ3) is 5.47. The minimum atomic E-state index is -1.01. The molecule has 0 unspecified atom stereocenters. The van der Waals surface area contributed by atoms with Gasteiger partial charge in [-0.2, -0.15) is 0 Å². The van der Waals surface area contributed by atoms with Crippen LogP contribution in [-0.2, 0) is 0 Å². The Hall–Kier alpha value is -5.00. The highest BCUT2D eigenvalue weighted by Gasteiger charge is 2.42. The molecular weight excluding hydrogens is 572 g/mol. The molecule has 0 bridgehead atoms. The Labute approximate surface area is 250 Å². The van der Waals surface area contributed by atoms with E-state index in [0.717, 1.165) is 21.2 Å². The molecule has 0 saturated carbocycles. The fraction of sp³-hybridized carbons (Fsp3) is 0.0645. The molecule has 0 aliphatic carbocycles. The van der Waals surface area contributed by atoms with E-state index < -0.39 is 10.9 Å². The minimum Gasteiger partial charge on any atom is -0.478 e. The Morgan fingerprint density at radius 3 is 2.38 bits per heavy atom. The third-order valence-corrected chi connectivity index (χ3v) is 8.14. The maximum atomic E-state index is 11.5. The van der Waals surface area contributed by atoms with Crippen LogP contribution in [0.25, 0.3) is 11.3 Å². The number of nitro benzene ring substituents is 1. The zero-order valence-electron chi connectivity index (χ0n) is 21.8. The molecule has 0 radical (unpaired) electrons. The summed E-state index contributed by atoms with van der Waals surface area (Å²) in [6.07, 6.45) is 1.73. The molecule has 1 aliphatic heterocycles. The number of rotatable bonds is 8. The SMILES string of the molecule is O=C(O)c1cccc(-c2ccc([C@@H]3[C@@H](c4ccccn4)NC(=S)N3c3ccc(Sc4ccc([N+](=O)[O-])cc4)cc3)o2)c1. The lowest BCUT2D eigenvalue weighted by Gasteiger charge is -2.26. The summed E-state index contributed by atoms with van der Waals surface area (Å²) < 4.78 is 6.36. The predicted octanol–water partition coefficient (Wildman–Crippen LogP) is 7.28. The van der Waals surface area contributed by atoms with Crippen molar-refractivity contribution in [1.29, 1.82) is 0 Å². The average Bonchev–Trinajstić information content (AvgIpc) is 3.63. The van der Waals surface area contributed by atoms with Gasteiger partial charge in [0.2, 0.25) is 0 Å². The number of non-ortho nitro benzene ring substituents is 1. The van der Waals surface area contributed by atoms with Gasteiger partial charge in [-0.25, -0.2) is 4.79 Å². The van der Waals surface area contributed by atoms with Gasteiger partial charge in [0.15, 0.2) is 5.11 Å². The lowest BCUT2D eigenvalue weighted by molar-refractivity contribution is -0.384. The second-order valence-corrected chi connectivity index (χ2v) is 11.0. The number of furan rings is 1. The Balaban J connectivity index is 1.32. The number of benzene rings is 3. The van der Waals surface area contributed by atoms with Crippen molar-refractivity contribution in [2.45, 2.75) is 21.9 Å². The van der Waals surface area contributed by atoms with Gasteiger partial charge >= 0.3 is 5.97 Å². The summed E-state index contributed by atoms with van der Waals surface area (Å²) in [6.45, 7) is 0. The molecule has 1 saturated heterocycles. The van der Waals surface area contributed by atoms with E-state index in [2.05, 4.69) is 10.3 Å². The van der Waals surface area contributed by atoms with Gasteiger partial charge in [0.25, 0.3) is 5.69 Å². The Morgan fingerprint density at radius 1 is 0.976 bits per heavy atom. The van der Waals surface area contributed by atoms with Crippen LogP contribution in [0, 0.1) is 10.1 Å². The second-order valence-electron chi connectivity index (χ2n) is 9.43. The van der Waals surface area contributed by atoms with Crippen molar-refractivity contribution in [3.63, 3.8) is 0 Å². The molecule has 2 N–H and O–H groups in total. The summed E-state index contributed by atoms with van der Waals surface area (Å²) in [4.78, 5) is 30.5. The largest absolute Gasteiger partial charge is 0.478 e. The van der Waals surface area contributed by atoms with Crippen molar-refractivity contribution in [2.24, 2.45) is 0 Å². The van der Waals surface area contributed by atoms with Crippen LogP contribution in [0.2, 0.25) is 0 Å². The van der Waals surface area contributed by atoms with Gasteiger partial charge in [-0.3, -0.25) is 15.1 Å². The Morgan fingerprint density at radius 2 is 1.71 bits per heavy atom. The van der Waals surface area contributed by atoms with E-state index in [-0.39, 0.29) is 23.3 Å². The van der Waals surface area contributed by atoms with E-state index in [1.807, 2.05) is 65.6 Å². The number of pyridine rings is 1. The van der Waals surface area contributed by atoms with Gasteiger partial charge in [-0.15, -0.1) is 0 Å². The second kappa shape index (κ2) is 11.5. The molecule has 208 valence electrons. The van der Waals surface area contributed by atoms with Gasteiger partial charge in [-0.05, 0) is 85.0 Å². The highest BCUT2D eigenvalue weighted by atomic mass is 32.2. The van der Waals surface area contributed by atoms with Gasteiger partial charge in [-0.1, -0.05) is 30.0 Å². The van der Waals surface area contributed by atoms with Crippen molar-refractivity contribution < 1.29 is 19.2 Å². The summed E-state index contributed by atoms with van der Waals surface area (Å²) in [7, 11) is 0. The van der Waals surface area contributed by atoms with E-state index in [9.17, 15) is 20.0 Å². The first kappa shape index (κ1) is 27.2. The number of carboxylic acid groups (broad SMARTS) is 1. The number of nitrogens with zero attached hydrogens (tertiary/aromatic N) is 3. The number of hydrogen-bond acceptors (Lipinski definition) is 7. The quantitative estimate of drug-likeness (QED) is 0.108. The first-order chi connectivity index (χ1) is 20.4. The van der Waals surface area contributed by atoms with Gasteiger partial charge in [0.05, 0.1) is 22.2 Å². The van der Waals surface area contributed by atoms with E-state index in [1.165, 1.54) is 30.0 Å². The highest BCUT2D eigenvalue weighted by Crippen LogP contribution is 2.43. The molecule has 1 aliphatic rings. The van der Waals surface area contributed by atoms with E-state index in [4.69, 9.17) is 16.6 Å². The van der Waals surface area contributed by atoms with Gasteiger partial charge in [0, 0.05) is 39.4 Å². The molecule has 1 fully saturated rings. The maximum Gasteiger partial charge on any atom is 0.335 e. The fourth-order valence-corrected chi connectivity index (χ4v) is 6.00. The van der Waals surface area contributed by atoms with Gasteiger partial charge < -0.3 is 19.7 Å². The normalized spacial score (nSPS) is 16.3. The number of nitrogens with one attached hydrogen (secondary N) is 1. The summed E-state index contributed by atoms with van der Waals surface area (Å²) in [5, 5.41) is 24.3. The summed E-state index contributed by atoms with van der Waals surface area (Å²) in [6, 6.07) is 29.7. The number of hydrogen-bond donors (Lipinski definition) is 2. The number of anilines is 1. The molecule has 5 aromatic rings. The van der Waals surface area contributed by atoms with Crippen LogP contribution in [0.1, 0.15) is 33.9 Å². The molecule has 0 amide bonds. The molecule has 2 atom stereocenters. The Kier molecular flexibility index (Phi) is 7.43. The van der Waals surface area contributed by atoms with Crippen LogP contribution in [0.5, 0.6) is 0 Å². The van der Waals surface area contributed by atoms with Crippen LogP contribution >= 0.6 is 24.0 Å².